The maximum Gasteiger partial charge on any atom is 0.152 e. The molecule has 0 rings (SSSR count). The van der Waals surface area contributed by atoms with Gasteiger partial charge in [0.25, 0.3) is 0 Å². The van der Waals surface area contributed by atoms with Crippen LogP contribution in [-0.2, 0) is 4.79 Å². The first kappa shape index (κ1) is 14.1. The zero-order chi connectivity index (χ0) is 10.1. The zero-order valence-corrected chi connectivity index (χ0v) is 8.72. The number of aliphatic hydroxyl groups is 1. The van der Waals surface area contributed by atoms with Gasteiger partial charge in [0.1, 0.15) is 0 Å². The average molecular weight is 175 g/mol. The molecule has 3 heteroatoms. The summed E-state index contributed by atoms with van der Waals surface area (Å²) in [4.78, 5) is 11.0. The van der Waals surface area contributed by atoms with E-state index in [1.807, 2.05) is 13.8 Å². The lowest BCUT2D eigenvalue weighted by molar-refractivity contribution is -0.122. The highest BCUT2D eigenvalue weighted by atomic mass is 16.3. The van der Waals surface area contributed by atoms with E-state index in [-0.39, 0.29) is 5.78 Å². The Morgan fingerprint density at radius 1 is 1.50 bits per heavy atom. The van der Waals surface area contributed by atoms with E-state index in [9.17, 15) is 4.79 Å². The van der Waals surface area contributed by atoms with Gasteiger partial charge in [-0.3, -0.25) is 4.79 Å². The van der Waals surface area contributed by atoms with Crippen molar-refractivity contribution in [3.8, 4) is 0 Å². The smallest absolute Gasteiger partial charge is 0.152 e. The lowest BCUT2D eigenvalue weighted by Crippen LogP contribution is -2.42. The number of ketones is 1. The van der Waals surface area contributed by atoms with E-state index >= 15 is 0 Å². The summed E-state index contributed by atoms with van der Waals surface area (Å²) in [5, 5.41) is 11.8. The van der Waals surface area contributed by atoms with Gasteiger partial charge in [-0.15, -0.1) is 0 Å². The van der Waals surface area contributed by atoms with Gasteiger partial charge in [0.15, 0.2) is 5.78 Å². The predicted molar refractivity (Wildman–Crippen MR) is 51.2 cm³/mol. The monoisotopic (exact) mass is 175 g/mol. The van der Waals surface area contributed by atoms with Crippen LogP contribution in [0.4, 0.5) is 0 Å². The maximum absolute atomic E-state index is 11.0. The molecule has 0 saturated carbocycles. The van der Waals surface area contributed by atoms with E-state index < -0.39 is 12.1 Å². The second kappa shape index (κ2) is 8.68. The Kier molecular flexibility index (Phi) is 10.2. The van der Waals surface area contributed by atoms with E-state index in [2.05, 4.69) is 5.32 Å². The SMILES string of the molecule is CC.CCC(=O)C(NC)C(C)O. The van der Waals surface area contributed by atoms with Gasteiger partial charge >= 0.3 is 0 Å². The topological polar surface area (TPSA) is 49.3 Å². The summed E-state index contributed by atoms with van der Waals surface area (Å²) in [5.74, 6) is 0.0532. The first-order valence-electron chi connectivity index (χ1n) is 4.51. The van der Waals surface area contributed by atoms with Gasteiger partial charge in [-0.25, -0.2) is 0 Å². The molecule has 0 amide bonds. The van der Waals surface area contributed by atoms with Crippen molar-refractivity contribution < 1.29 is 9.90 Å². The van der Waals surface area contributed by atoms with E-state index in [0.29, 0.717) is 6.42 Å². The first-order chi connectivity index (χ1) is 5.63. The molecule has 2 unspecified atom stereocenters. The van der Waals surface area contributed by atoms with Crippen LogP contribution in [-0.4, -0.2) is 30.1 Å². The van der Waals surface area contributed by atoms with Gasteiger partial charge in [0, 0.05) is 6.42 Å². The second-order valence-corrected chi connectivity index (χ2v) is 2.33. The Morgan fingerprint density at radius 3 is 2.00 bits per heavy atom. The molecule has 0 aromatic carbocycles. The van der Waals surface area contributed by atoms with Crippen molar-refractivity contribution in [2.24, 2.45) is 0 Å². The van der Waals surface area contributed by atoms with Crippen molar-refractivity contribution in [3.05, 3.63) is 0 Å². The Labute approximate surface area is 75.2 Å². The van der Waals surface area contributed by atoms with Crippen molar-refractivity contribution in [1.82, 2.24) is 5.32 Å². The minimum absolute atomic E-state index is 0.0532. The van der Waals surface area contributed by atoms with Crippen molar-refractivity contribution >= 4 is 5.78 Å². The van der Waals surface area contributed by atoms with Crippen LogP contribution in [0.2, 0.25) is 0 Å². The van der Waals surface area contributed by atoms with Crippen LogP contribution in [0.3, 0.4) is 0 Å². The summed E-state index contributed by atoms with van der Waals surface area (Å²) in [6.45, 7) is 7.39. The van der Waals surface area contributed by atoms with Crippen LogP contribution in [0.25, 0.3) is 0 Å². The van der Waals surface area contributed by atoms with Crippen LogP contribution in [0.5, 0.6) is 0 Å². The third-order valence-electron chi connectivity index (χ3n) is 1.49. The summed E-state index contributed by atoms with van der Waals surface area (Å²) in [6.07, 6.45) is -0.131. The molecule has 0 bridgehead atoms. The van der Waals surface area contributed by atoms with Crippen molar-refractivity contribution in [2.75, 3.05) is 7.05 Å². The van der Waals surface area contributed by atoms with Gasteiger partial charge in [-0.05, 0) is 14.0 Å². The highest BCUT2D eigenvalue weighted by Crippen LogP contribution is 1.96. The Bertz CT molecular complexity index is 113. The molecule has 0 saturated heterocycles. The number of nitrogens with one attached hydrogen (secondary N) is 1. The quantitative estimate of drug-likeness (QED) is 0.669. The highest BCUT2D eigenvalue weighted by Gasteiger charge is 2.18. The largest absolute Gasteiger partial charge is 0.391 e. The molecule has 0 aromatic rings. The first-order valence-corrected chi connectivity index (χ1v) is 4.51. The van der Waals surface area contributed by atoms with Crippen LogP contribution in [0.1, 0.15) is 34.1 Å². The van der Waals surface area contributed by atoms with Crippen molar-refractivity contribution in [2.45, 2.75) is 46.3 Å². The van der Waals surface area contributed by atoms with E-state index in [1.54, 1.807) is 20.9 Å². The number of likely N-dealkylation sites (N-methyl/N-ethyl adjacent to an activating group) is 1. The fourth-order valence-electron chi connectivity index (χ4n) is 0.891. The molecule has 0 aromatic heterocycles. The number of carbonyl (C=O) groups is 1. The summed E-state index contributed by atoms with van der Waals surface area (Å²) in [6, 6.07) is -0.398. The zero-order valence-electron chi connectivity index (χ0n) is 8.72. The Hall–Kier alpha value is -0.410. The van der Waals surface area contributed by atoms with Gasteiger partial charge in [-0.1, -0.05) is 20.8 Å². The molecule has 2 atom stereocenters. The summed E-state index contributed by atoms with van der Waals surface area (Å²) in [7, 11) is 1.67. The summed E-state index contributed by atoms with van der Waals surface area (Å²) >= 11 is 0. The Balaban J connectivity index is 0. The van der Waals surface area contributed by atoms with E-state index in [0.717, 1.165) is 0 Å². The standard InChI is InChI=1S/C7H15NO2.C2H6/c1-4-6(10)7(8-3)5(2)9;1-2/h5,7-9H,4H2,1-3H3;1-2H3. The van der Waals surface area contributed by atoms with Gasteiger partial charge in [-0.2, -0.15) is 0 Å². The Morgan fingerprint density at radius 2 is 1.92 bits per heavy atom. The number of rotatable bonds is 4. The van der Waals surface area contributed by atoms with Crippen LogP contribution >= 0.6 is 0 Å². The number of Topliss-reactive ketones (excluding diaryl/α,β-unsaturated/α-hetero) is 1. The molecular formula is C9H21NO2. The summed E-state index contributed by atoms with van der Waals surface area (Å²) < 4.78 is 0. The molecule has 0 aliphatic carbocycles. The normalized spacial score (nSPS) is 14.2. The molecule has 74 valence electrons. The minimum atomic E-state index is -0.600. The summed E-state index contributed by atoms with van der Waals surface area (Å²) in [5.41, 5.74) is 0. The fraction of sp³-hybridized carbons (Fsp3) is 0.889. The minimum Gasteiger partial charge on any atom is -0.391 e. The molecular weight excluding hydrogens is 154 g/mol. The van der Waals surface area contributed by atoms with E-state index in [4.69, 9.17) is 5.11 Å². The van der Waals surface area contributed by atoms with Crippen LogP contribution < -0.4 is 5.32 Å². The van der Waals surface area contributed by atoms with Gasteiger partial charge < -0.3 is 10.4 Å². The van der Waals surface area contributed by atoms with Crippen LogP contribution in [0.15, 0.2) is 0 Å². The molecule has 0 spiro atoms. The predicted octanol–water partition coefficient (Wildman–Crippen LogP) is 0.960. The molecule has 0 heterocycles. The van der Waals surface area contributed by atoms with Crippen molar-refractivity contribution in [1.29, 1.82) is 0 Å². The molecule has 0 aliphatic rings. The number of carbonyl (C=O) groups excluding carboxylic acids is 1. The molecule has 3 nitrogen and oxygen atoms in total. The van der Waals surface area contributed by atoms with Crippen LogP contribution in [0, 0.1) is 0 Å². The van der Waals surface area contributed by atoms with Gasteiger partial charge in [0.2, 0.25) is 0 Å². The third kappa shape index (κ3) is 5.27. The number of hydrogen-bond donors (Lipinski definition) is 2. The highest BCUT2D eigenvalue weighted by molar-refractivity contribution is 5.84. The molecule has 0 radical (unpaired) electrons. The molecule has 12 heavy (non-hydrogen) atoms. The second-order valence-electron chi connectivity index (χ2n) is 2.33. The average Bonchev–Trinajstić information content (AvgIpc) is 2.08. The molecule has 0 fully saturated rings. The fourth-order valence-corrected chi connectivity index (χ4v) is 0.891. The number of aliphatic hydroxyl groups excluding tert-OH is 1. The third-order valence-corrected chi connectivity index (χ3v) is 1.49. The van der Waals surface area contributed by atoms with Gasteiger partial charge in [0.05, 0.1) is 12.1 Å². The number of hydrogen-bond acceptors (Lipinski definition) is 3. The van der Waals surface area contributed by atoms with Crippen molar-refractivity contribution in [3.63, 3.8) is 0 Å². The lowest BCUT2D eigenvalue weighted by Gasteiger charge is -2.16. The maximum atomic E-state index is 11.0. The molecule has 0 aliphatic heterocycles. The lowest BCUT2D eigenvalue weighted by atomic mass is 10.1. The van der Waals surface area contributed by atoms with E-state index in [1.165, 1.54) is 0 Å². The molecule has 2 N–H and O–H groups in total.